The zero-order valence-electron chi connectivity index (χ0n) is 10.6. The highest BCUT2D eigenvalue weighted by Crippen LogP contribution is 2.26. The number of rotatable bonds is 3. The molecule has 0 fully saturated rings. The second-order valence-electron chi connectivity index (χ2n) is 4.47. The van der Waals surface area contributed by atoms with Gasteiger partial charge in [-0.3, -0.25) is 4.98 Å². The van der Waals surface area contributed by atoms with Crippen LogP contribution in [-0.4, -0.2) is 4.98 Å². The van der Waals surface area contributed by atoms with E-state index in [4.69, 9.17) is 11.6 Å². The maximum Gasteiger partial charge on any atom is 0.0751 e. The summed E-state index contributed by atoms with van der Waals surface area (Å²) >= 11 is 9.61. The van der Waals surface area contributed by atoms with Gasteiger partial charge in [-0.25, -0.2) is 0 Å². The molecule has 0 spiro atoms. The minimum atomic E-state index is 0.690. The van der Waals surface area contributed by atoms with E-state index in [1.54, 1.807) is 0 Å². The molecule has 100 valence electrons. The Kier molecular flexibility index (Phi) is 3.90. The molecular formula is C16H12BrClN2. The number of benzene rings is 2. The Bertz CT molecular complexity index is 753. The summed E-state index contributed by atoms with van der Waals surface area (Å²) in [6, 6.07) is 16.0. The molecule has 1 N–H and O–H groups in total. The Hall–Kier alpha value is -1.58. The highest BCUT2D eigenvalue weighted by Gasteiger charge is 2.04. The summed E-state index contributed by atoms with van der Waals surface area (Å²) in [7, 11) is 0. The van der Waals surface area contributed by atoms with Crippen LogP contribution in [0.4, 0.5) is 5.69 Å². The molecule has 0 atom stereocenters. The van der Waals surface area contributed by atoms with E-state index in [1.165, 1.54) is 0 Å². The fourth-order valence-electron chi connectivity index (χ4n) is 2.13. The van der Waals surface area contributed by atoms with Gasteiger partial charge in [0.05, 0.1) is 16.2 Å². The summed E-state index contributed by atoms with van der Waals surface area (Å²) in [4.78, 5) is 4.45. The fraction of sp³-hybridized carbons (Fsp3) is 0.0625. The monoisotopic (exact) mass is 346 g/mol. The predicted molar refractivity (Wildman–Crippen MR) is 88.2 cm³/mol. The average Bonchev–Trinajstić information content (AvgIpc) is 2.46. The summed E-state index contributed by atoms with van der Waals surface area (Å²) < 4.78 is 0.972. The average molecular weight is 348 g/mol. The van der Waals surface area contributed by atoms with E-state index >= 15 is 0 Å². The first kappa shape index (κ1) is 13.4. The highest BCUT2D eigenvalue weighted by molar-refractivity contribution is 9.10. The van der Waals surface area contributed by atoms with Gasteiger partial charge in [-0.05, 0) is 29.8 Å². The summed E-state index contributed by atoms with van der Waals surface area (Å²) in [5.41, 5.74) is 3.10. The standard InChI is InChI=1S/C16H12BrClN2/c17-13-6-7-15(14(18)9-13)20-10-12-4-1-3-11-5-2-8-19-16(11)12/h1-9,20H,10H2. The summed E-state index contributed by atoms with van der Waals surface area (Å²) in [5, 5.41) is 5.20. The lowest BCUT2D eigenvalue weighted by Gasteiger charge is -2.10. The molecule has 2 aromatic carbocycles. The quantitative estimate of drug-likeness (QED) is 0.699. The lowest BCUT2D eigenvalue weighted by Crippen LogP contribution is -2.01. The van der Waals surface area contributed by atoms with E-state index in [9.17, 15) is 0 Å². The van der Waals surface area contributed by atoms with Crippen LogP contribution in [0.25, 0.3) is 10.9 Å². The highest BCUT2D eigenvalue weighted by atomic mass is 79.9. The van der Waals surface area contributed by atoms with Crippen molar-refractivity contribution in [1.29, 1.82) is 0 Å². The number of anilines is 1. The molecule has 0 bridgehead atoms. The zero-order valence-corrected chi connectivity index (χ0v) is 12.9. The molecule has 0 aliphatic heterocycles. The number of fused-ring (bicyclic) bond motifs is 1. The third-order valence-electron chi connectivity index (χ3n) is 3.12. The van der Waals surface area contributed by atoms with E-state index in [0.29, 0.717) is 11.6 Å². The molecule has 1 heterocycles. The Morgan fingerprint density at radius 1 is 1.10 bits per heavy atom. The van der Waals surface area contributed by atoms with Gasteiger partial charge >= 0.3 is 0 Å². The number of nitrogens with one attached hydrogen (secondary N) is 1. The van der Waals surface area contributed by atoms with Crippen molar-refractivity contribution >= 4 is 44.1 Å². The van der Waals surface area contributed by atoms with Crippen LogP contribution in [-0.2, 0) is 6.54 Å². The van der Waals surface area contributed by atoms with Crippen molar-refractivity contribution in [2.24, 2.45) is 0 Å². The van der Waals surface area contributed by atoms with Crippen molar-refractivity contribution in [3.05, 3.63) is 69.8 Å². The van der Waals surface area contributed by atoms with Gasteiger partial charge in [0, 0.05) is 22.6 Å². The second-order valence-corrected chi connectivity index (χ2v) is 5.79. The third-order valence-corrected chi connectivity index (χ3v) is 3.92. The van der Waals surface area contributed by atoms with Crippen molar-refractivity contribution in [3.8, 4) is 0 Å². The van der Waals surface area contributed by atoms with E-state index < -0.39 is 0 Å². The largest absolute Gasteiger partial charge is 0.380 e. The van der Waals surface area contributed by atoms with Crippen LogP contribution in [0.2, 0.25) is 5.02 Å². The number of halogens is 2. The van der Waals surface area contributed by atoms with E-state index in [2.05, 4.69) is 44.4 Å². The van der Waals surface area contributed by atoms with Crippen LogP contribution in [0.15, 0.2) is 59.2 Å². The first-order valence-corrected chi connectivity index (χ1v) is 7.43. The molecule has 0 unspecified atom stereocenters. The van der Waals surface area contributed by atoms with Gasteiger partial charge in [-0.2, -0.15) is 0 Å². The maximum atomic E-state index is 6.21. The molecule has 3 aromatic rings. The van der Waals surface area contributed by atoms with Crippen molar-refractivity contribution in [2.75, 3.05) is 5.32 Å². The first-order valence-electron chi connectivity index (χ1n) is 6.25. The number of nitrogens with zero attached hydrogens (tertiary/aromatic N) is 1. The smallest absolute Gasteiger partial charge is 0.0751 e. The Labute approximate surface area is 130 Å². The molecule has 0 saturated heterocycles. The summed E-state index contributed by atoms with van der Waals surface area (Å²) in [5.74, 6) is 0. The van der Waals surface area contributed by atoms with Crippen LogP contribution < -0.4 is 5.32 Å². The molecular weight excluding hydrogens is 336 g/mol. The SMILES string of the molecule is Clc1cc(Br)ccc1NCc1cccc2cccnc12. The molecule has 20 heavy (non-hydrogen) atoms. The molecule has 1 aromatic heterocycles. The molecule has 0 amide bonds. The van der Waals surface area contributed by atoms with E-state index in [1.807, 2.05) is 36.5 Å². The zero-order chi connectivity index (χ0) is 13.9. The van der Waals surface area contributed by atoms with Crippen LogP contribution in [0.1, 0.15) is 5.56 Å². The second kappa shape index (κ2) is 5.81. The summed E-state index contributed by atoms with van der Waals surface area (Å²) in [6.07, 6.45) is 1.82. The molecule has 0 radical (unpaired) electrons. The Balaban J connectivity index is 1.87. The predicted octanol–water partition coefficient (Wildman–Crippen LogP) is 5.26. The lowest BCUT2D eigenvalue weighted by molar-refractivity contribution is 1.15. The topological polar surface area (TPSA) is 24.9 Å². The van der Waals surface area contributed by atoms with Crippen LogP contribution in [0, 0.1) is 0 Å². The van der Waals surface area contributed by atoms with Crippen molar-refractivity contribution in [1.82, 2.24) is 4.98 Å². The van der Waals surface area contributed by atoms with Crippen molar-refractivity contribution < 1.29 is 0 Å². The van der Waals surface area contributed by atoms with E-state index in [-0.39, 0.29) is 0 Å². The van der Waals surface area contributed by atoms with Crippen LogP contribution in [0.3, 0.4) is 0 Å². The van der Waals surface area contributed by atoms with Gasteiger partial charge in [0.25, 0.3) is 0 Å². The van der Waals surface area contributed by atoms with Crippen LogP contribution >= 0.6 is 27.5 Å². The third kappa shape index (κ3) is 2.79. The molecule has 2 nitrogen and oxygen atoms in total. The first-order chi connectivity index (χ1) is 9.74. The minimum Gasteiger partial charge on any atom is -0.380 e. The van der Waals surface area contributed by atoms with Gasteiger partial charge in [-0.1, -0.05) is 51.8 Å². The number of aromatic nitrogens is 1. The normalized spacial score (nSPS) is 10.7. The molecule has 0 aliphatic rings. The van der Waals surface area contributed by atoms with Crippen molar-refractivity contribution in [2.45, 2.75) is 6.54 Å². The maximum absolute atomic E-state index is 6.21. The minimum absolute atomic E-state index is 0.690. The van der Waals surface area contributed by atoms with Gasteiger partial charge in [0.15, 0.2) is 0 Å². The fourth-order valence-corrected chi connectivity index (χ4v) is 2.87. The lowest BCUT2D eigenvalue weighted by atomic mass is 10.1. The van der Waals surface area contributed by atoms with E-state index in [0.717, 1.165) is 26.6 Å². The van der Waals surface area contributed by atoms with Gasteiger partial charge in [0.2, 0.25) is 0 Å². The van der Waals surface area contributed by atoms with Crippen molar-refractivity contribution in [3.63, 3.8) is 0 Å². The Morgan fingerprint density at radius 3 is 2.80 bits per heavy atom. The molecule has 3 rings (SSSR count). The van der Waals surface area contributed by atoms with Gasteiger partial charge < -0.3 is 5.32 Å². The molecule has 4 heteroatoms. The molecule has 0 saturated carbocycles. The number of hydrogen-bond donors (Lipinski definition) is 1. The summed E-state index contributed by atoms with van der Waals surface area (Å²) in [6.45, 7) is 0.690. The molecule has 0 aliphatic carbocycles. The number of hydrogen-bond acceptors (Lipinski definition) is 2. The van der Waals surface area contributed by atoms with Gasteiger partial charge in [0.1, 0.15) is 0 Å². The van der Waals surface area contributed by atoms with Gasteiger partial charge in [-0.15, -0.1) is 0 Å². The van der Waals surface area contributed by atoms with Crippen LogP contribution in [0.5, 0.6) is 0 Å². The number of para-hydroxylation sites is 1. The number of pyridine rings is 1. The Morgan fingerprint density at radius 2 is 1.95 bits per heavy atom.